The van der Waals surface area contributed by atoms with Gasteiger partial charge in [0.15, 0.2) is 0 Å². The van der Waals surface area contributed by atoms with Gasteiger partial charge in [-0.25, -0.2) is 0 Å². The first kappa shape index (κ1) is 15.2. The van der Waals surface area contributed by atoms with E-state index >= 15 is 0 Å². The van der Waals surface area contributed by atoms with E-state index in [2.05, 4.69) is 0 Å². The molecule has 0 bridgehead atoms. The molecule has 1 aromatic carbocycles. The fourth-order valence-electron chi connectivity index (χ4n) is 2.95. The maximum atomic E-state index is 12.8. The molecule has 0 saturated heterocycles. The van der Waals surface area contributed by atoms with Crippen LogP contribution in [0.2, 0.25) is 0 Å². The van der Waals surface area contributed by atoms with Gasteiger partial charge in [0.05, 0.1) is 13.0 Å². The Morgan fingerprint density at radius 1 is 1.20 bits per heavy atom. The van der Waals surface area contributed by atoms with Crippen molar-refractivity contribution in [3.05, 3.63) is 29.8 Å². The van der Waals surface area contributed by atoms with E-state index in [9.17, 15) is 13.2 Å². The van der Waals surface area contributed by atoms with Crippen LogP contribution >= 0.6 is 0 Å². The lowest BCUT2D eigenvalue weighted by atomic mass is 9.76. The fourth-order valence-corrected chi connectivity index (χ4v) is 2.95. The fraction of sp³-hybridized carbons (Fsp3) is 0.600. The van der Waals surface area contributed by atoms with Gasteiger partial charge in [0.1, 0.15) is 5.75 Å². The lowest BCUT2D eigenvalue weighted by Crippen LogP contribution is -2.33. The van der Waals surface area contributed by atoms with Crippen LogP contribution in [-0.2, 0) is 0 Å². The Morgan fingerprint density at radius 2 is 1.85 bits per heavy atom. The molecular weight excluding hydrogens is 267 g/mol. The molecule has 1 saturated carbocycles. The highest BCUT2D eigenvalue weighted by Crippen LogP contribution is 2.43. The molecule has 3 unspecified atom stereocenters. The van der Waals surface area contributed by atoms with E-state index in [-0.39, 0.29) is 24.8 Å². The van der Waals surface area contributed by atoms with Crippen LogP contribution in [0.4, 0.5) is 13.2 Å². The van der Waals surface area contributed by atoms with E-state index in [1.807, 2.05) is 12.1 Å². The molecular formula is C15H20F3NO. The maximum absolute atomic E-state index is 12.8. The number of benzene rings is 1. The van der Waals surface area contributed by atoms with E-state index in [0.717, 1.165) is 17.7 Å². The summed E-state index contributed by atoms with van der Waals surface area (Å²) in [4.78, 5) is 0. The van der Waals surface area contributed by atoms with Gasteiger partial charge in [-0.05, 0) is 42.9 Å². The van der Waals surface area contributed by atoms with E-state index in [1.54, 1.807) is 19.2 Å². The number of ether oxygens (including phenoxy) is 1. The number of hydrogen-bond donors (Lipinski definition) is 1. The first-order valence-electron chi connectivity index (χ1n) is 6.88. The zero-order chi connectivity index (χ0) is 14.8. The van der Waals surface area contributed by atoms with Crippen LogP contribution in [-0.4, -0.2) is 13.3 Å². The van der Waals surface area contributed by atoms with E-state index < -0.39 is 12.1 Å². The standard InChI is InChI=1S/C15H20F3NO/c1-20-13-7-5-10(6-8-13)14(19)11-3-2-4-12(9-11)15(16,17)18/h5-8,11-12,14H,2-4,9,19H2,1H3. The molecule has 2 rings (SSSR count). The quantitative estimate of drug-likeness (QED) is 0.909. The molecule has 1 aliphatic carbocycles. The molecule has 2 N–H and O–H groups in total. The predicted octanol–water partition coefficient (Wildman–Crippen LogP) is 4.06. The molecule has 112 valence electrons. The number of rotatable bonds is 3. The Kier molecular flexibility index (Phi) is 4.58. The van der Waals surface area contributed by atoms with Crippen LogP contribution in [0.5, 0.6) is 5.75 Å². The normalized spacial score (nSPS) is 25.2. The molecule has 5 heteroatoms. The Bertz CT molecular complexity index is 430. The molecule has 20 heavy (non-hydrogen) atoms. The molecule has 2 nitrogen and oxygen atoms in total. The zero-order valence-corrected chi connectivity index (χ0v) is 11.5. The minimum atomic E-state index is -4.10. The lowest BCUT2D eigenvalue weighted by molar-refractivity contribution is -0.186. The van der Waals surface area contributed by atoms with Crippen LogP contribution in [0.3, 0.4) is 0 Å². The summed E-state index contributed by atoms with van der Waals surface area (Å²) in [6.45, 7) is 0. The highest BCUT2D eigenvalue weighted by molar-refractivity contribution is 5.29. The summed E-state index contributed by atoms with van der Waals surface area (Å²) in [5.74, 6) is -0.591. The van der Waals surface area contributed by atoms with Crippen molar-refractivity contribution in [2.24, 2.45) is 17.6 Å². The molecule has 0 amide bonds. The van der Waals surface area contributed by atoms with Crippen molar-refractivity contribution < 1.29 is 17.9 Å². The number of alkyl halides is 3. The highest BCUT2D eigenvalue weighted by Gasteiger charge is 2.43. The monoisotopic (exact) mass is 287 g/mol. The van der Waals surface area contributed by atoms with E-state index in [0.29, 0.717) is 6.42 Å². The highest BCUT2D eigenvalue weighted by atomic mass is 19.4. The molecule has 1 aliphatic rings. The van der Waals surface area contributed by atoms with Crippen molar-refractivity contribution in [1.29, 1.82) is 0 Å². The summed E-state index contributed by atoms with van der Waals surface area (Å²) >= 11 is 0. The Hall–Kier alpha value is -1.23. The first-order valence-corrected chi connectivity index (χ1v) is 6.88. The van der Waals surface area contributed by atoms with Crippen molar-refractivity contribution in [2.75, 3.05) is 7.11 Å². The Labute approximate surface area is 117 Å². The smallest absolute Gasteiger partial charge is 0.391 e. The number of halogens is 3. The summed E-state index contributed by atoms with van der Waals surface area (Å²) in [5.41, 5.74) is 7.03. The van der Waals surface area contributed by atoms with Gasteiger partial charge >= 0.3 is 6.18 Å². The molecule has 0 radical (unpaired) electrons. The summed E-state index contributed by atoms with van der Waals surface area (Å²) in [7, 11) is 1.57. The Morgan fingerprint density at radius 3 is 2.40 bits per heavy atom. The first-order chi connectivity index (χ1) is 9.41. The Balaban J connectivity index is 2.05. The number of methoxy groups -OCH3 is 1. The average Bonchev–Trinajstić information content (AvgIpc) is 2.46. The summed E-state index contributed by atoms with van der Waals surface area (Å²) < 4.78 is 43.5. The van der Waals surface area contributed by atoms with Crippen molar-refractivity contribution >= 4 is 0 Å². The third-order valence-electron chi connectivity index (χ3n) is 4.19. The van der Waals surface area contributed by atoms with Crippen LogP contribution in [0, 0.1) is 11.8 Å². The van der Waals surface area contributed by atoms with Crippen LogP contribution in [0.25, 0.3) is 0 Å². The molecule has 1 aromatic rings. The molecule has 0 heterocycles. The summed E-state index contributed by atoms with van der Waals surface area (Å²) in [5, 5.41) is 0. The third kappa shape index (κ3) is 3.45. The van der Waals surface area contributed by atoms with Gasteiger partial charge < -0.3 is 10.5 Å². The minimum absolute atomic E-state index is 0.108. The van der Waals surface area contributed by atoms with Crippen molar-refractivity contribution in [3.63, 3.8) is 0 Å². The summed E-state index contributed by atoms with van der Waals surface area (Å²) in [6.07, 6.45) is -2.37. The second kappa shape index (κ2) is 6.04. The molecule has 3 atom stereocenters. The average molecular weight is 287 g/mol. The van der Waals surface area contributed by atoms with Crippen molar-refractivity contribution in [3.8, 4) is 5.75 Å². The number of nitrogens with two attached hydrogens (primary N) is 1. The van der Waals surface area contributed by atoms with Crippen LogP contribution in [0.15, 0.2) is 24.3 Å². The van der Waals surface area contributed by atoms with Gasteiger partial charge in [-0.2, -0.15) is 13.2 Å². The number of hydrogen-bond acceptors (Lipinski definition) is 2. The van der Waals surface area contributed by atoms with Gasteiger partial charge in [0.2, 0.25) is 0 Å². The minimum Gasteiger partial charge on any atom is -0.497 e. The predicted molar refractivity (Wildman–Crippen MR) is 71.4 cm³/mol. The van der Waals surface area contributed by atoms with Crippen molar-refractivity contribution in [1.82, 2.24) is 0 Å². The molecule has 0 aliphatic heterocycles. The van der Waals surface area contributed by atoms with Crippen LogP contribution in [0.1, 0.15) is 37.3 Å². The molecule has 0 spiro atoms. The second-order valence-corrected chi connectivity index (χ2v) is 5.46. The molecule has 1 fully saturated rings. The van der Waals surface area contributed by atoms with Gasteiger partial charge in [0.25, 0.3) is 0 Å². The van der Waals surface area contributed by atoms with Gasteiger partial charge in [-0.1, -0.05) is 18.6 Å². The van der Waals surface area contributed by atoms with E-state index in [1.165, 1.54) is 0 Å². The second-order valence-electron chi connectivity index (χ2n) is 5.46. The summed E-state index contributed by atoms with van der Waals surface area (Å²) in [6, 6.07) is 6.91. The maximum Gasteiger partial charge on any atom is 0.391 e. The van der Waals surface area contributed by atoms with Crippen molar-refractivity contribution in [2.45, 2.75) is 37.9 Å². The zero-order valence-electron chi connectivity index (χ0n) is 11.5. The van der Waals surface area contributed by atoms with Crippen LogP contribution < -0.4 is 10.5 Å². The van der Waals surface area contributed by atoms with Gasteiger partial charge in [0, 0.05) is 6.04 Å². The van der Waals surface area contributed by atoms with Gasteiger partial charge in [-0.15, -0.1) is 0 Å². The van der Waals surface area contributed by atoms with E-state index in [4.69, 9.17) is 10.5 Å². The third-order valence-corrected chi connectivity index (χ3v) is 4.19. The SMILES string of the molecule is COc1ccc(C(N)C2CCCC(C(F)(F)F)C2)cc1. The topological polar surface area (TPSA) is 35.2 Å². The molecule has 0 aromatic heterocycles. The lowest BCUT2D eigenvalue weighted by Gasteiger charge is -2.34. The largest absolute Gasteiger partial charge is 0.497 e. The van der Waals surface area contributed by atoms with Gasteiger partial charge in [-0.3, -0.25) is 0 Å².